The van der Waals surface area contributed by atoms with E-state index < -0.39 is 6.04 Å². The van der Waals surface area contributed by atoms with Crippen LogP contribution in [0.25, 0.3) is 6.08 Å². The van der Waals surface area contributed by atoms with Crippen molar-refractivity contribution in [1.82, 2.24) is 4.57 Å². The molecule has 0 amide bonds. The zero-order valence-corrected chi connectivity index (χ0v) is 16.0. The second-order valence-electron chi connectivity index (χ2n) is 7.04. The van der Waals surface area contributed by atoms with Crippen molar-refractivity contribution in [2.24, 2.45) is 4.99 Å². The molecular formula is C23H18N2O2S. The molecule has 28 heavy (non-hydrogen) atoms. The number of hydrogen-bond acceptors (Lipinski definition) is 4. The molecule has 2 aromatic carbocycles. The van der Waals surface area contributed by atoms with E-state index in [9.17, 15) is 9.59 Å². The van der Waals surface area contributed by atoms with Gasteiger partial charge < -0.3 is 0 Å². The van der Waals surface area contributed by atoms with E-state index in [2.05, 4.69) is 0 Å². The molecule has 2 aliphatic rings. The average molecular weight is 386 g/mol. The first-order valence-electron chi connectivity index (χ1n) is 9.40. The summed E-state index contributed by atoms with van der Waals surface area (Å²) in [5.74, 6) is 0.108. The van der Waals surface area contributed by atoms with Crippen molar-refractivity contribution >= 4 is 23.2 Å². The number of carbonyl (C=O) groups is 1. The van der Waals surface area contributed by atoms with E-state index in [1.807, 2.05) is 66.7 Å². The molecule has 1 atom stereocenters. The fourth-order valence-corrected chi connectivity index (χ4v) is 4.98. The highest BCUT2D eigenvalue weighted by molar-refractivity contribution is 7.07. The summed E-state index contributed by atoms with van der Waals surface area (Å²) in [6, 6.07) is 19.2. The van der Waals surface area contributed by atoms with Gasteiger partial charge in [-0.05, 0) is 30.0 Å². The van der Waals surface area contributed by atoms with Crippen LogP contribution in [0, 0.1) is 0 Å². The smallest absolute Gasteiger partial charge is 0.271 e. The van der Waals surface area contributed by atoms with Crippen molar-refractivity contribution in [2.45, 2.75) is 25.3 Å². The largest absolute Gasteiger partial charge is 0.294 e. The molecule has 1 aromatic heterocycles. The minimum atomic E-state index is -0.391. The molecule has 4 nitrogen and oxygen atoms in total. The van der Waals surface area contributed by atoms with Crippen molar-refractivity contribution < 1.29 is 4.79 Å². The molecule has 0 N–H and O–H groups in total. The van der Waals surface area contributed by atoms with Gasteiger partial charge in [0.1, 0.15) is 0 Å². The Morgan fingerprint density at radius 2 is 1.68 bits per heavy atom. The number of benzene rings is 2. The number of Topliss-reactive ketones (excluding diaryl/α,β-unsaturated/α-hetero) is 1. The topological polar surface area (TPSA) is 51.4 Å². The summed E-state index contributed by atoms with van der Waals surface area (Å²) >= 11 is 1.39. The molecule has 0 radical (unpaired) electrons. The highest BCUT2D eigenvalue weighted by Gasteiger charge is 2.34. The predicted octanol–water partition coefficient (Wildman–Crippen LogP) is 2.97. The van der Waals surface area contributed by atoms with Gasteiger partial charge in [0.15, 0.2) is 10.6 Å². The molecule has 0 bridgehead atoms. The van der Waals surface area contributed by atoms with Crippen molar-refractivity contribution in [3.63, 3.8) is 0 Å². The highest BCUT2D eigenvalue weighted by Crippen LogP contribution is 2.35. The predicted molar refractivity (Wildman–Crippen MR) is 110 cm³/mol. The van der Waals surface area contributed by atoms with Crippen LogP contribution in [0.1, 0.15) is 36.4 Å². The third kappa shape index (κ3) is 2.79. The van der Waals surface area contributed by atoms with Gasteiger partial charge in [0.25, 0.3) is 5.56 Å². The molecule has 0 fully saturated rings. The van der Waals surface area contributed by atoms with Crippen LogP contribution in [-0.4, -0.2) is 10.4 Å². The van der Waals surface area contributed by atoms with Gasteiger partial charge in [-0.15, -0.1) is 0 Å². The van der Waals surface area contributed by atoms with Crippen LogP contribution in [0.2, 0.25) is 0 Å². The van der Waals surface area contributed by atoms with E-state index in [-0.39, 0.29) is 11.3 Å². The molecular weight excluding hydrogens is 368 g/mol. The van der Waals surface area contributed by atoms with Crippen molar-refractivity contribution in [1.29, 1.82) is 0 Å². The molecule has 1 unspecified atom stereocenters. The summed E-state index contributed by atoms with van der Waals surface area (Å²) in [4.78, 5) is 31.5. The summed E-state index contributed by atoms with van der Waals surface area (Å²) in [5, 5.41) is 0. The fourth-order valence-electron chi connectivity index (χ4n) is 3.96. The van der Waals surface area contributed by atoms with E-state index in [4.69, 9.17) is 4.99 Å². The standard InChI is InChI=1S/C23H18N2O2S/c26-18-13-7-12-17-20(18)21(16-10-5-2-6-11-16)25-22(27)19(28-23(25)24-17)14-15-8-3-1-4-9-15/h1-6,8-11,14,21H,7,12-13H2. The van der Waals surface area contributed by atoms with Gasteiger partial charge in [-0.1, -0.05) is 72.0 Å². The maximum Gasteiger partial charge on any atom is 0.271 e. The zero-order valence-electron chi connectivity index (χ0n) is 15.2. The second-order valence-corrected chi connectivity index (χ2v) is 8.05. The summed E-state index contributed by atoms with van der Waals surface area (Å²) in [7, 11) is 0. The molecule has 0 saturated carbocycles. The Labute approximate surface area is 165 Å². The van der Waals surface area contributed by atoms with Gasteiger partial charge in [-0.2, -0.15) is 0 Å². The quantitative estimate of drug-likeness (QED) is 0.680. The van der Waals surface area contributed by atoms with Gasteiger partial charge in [0, 0.05) is 12.0 Å². The van der Waals surface area contributed by atoms with E-state index in [0.29, 0.717) is 21.3 Å². The molecule has 3 aromatic rings. The van der Waals surface area contributed by atoms with Crippen LogP contribution >= 0.6 is 11.3 Å². The number of hydrogen-bond donors (Lipinski definition) is 0. The number of aromatic nitrogens is 1. The van der Waals surface area contributed by atoms with E-state index in [1.165, 1.54) is 11.3 Å². The lowest BCUT2D eigenvalue weighted by atomic mass is 9.86. The number of ketones is 1. The summed E-state index contributed by atoms with van der Waals surface area (Å²) in [6.45, 7) is 0. The van der Waals surface area contributed by atoms with E-state index in [1.54, 1.807) is 4.57 Å². The van der Waals surface area contributed by atoms with Crippen LogP contribution in [0.5, 0.6) is 0 Å². The molecule has 1 aliphatic carbocycles. The lowest BCUT2D eigenvalue weighted by molar-refractivity contribution is -0.116. The number of nitrogens with zero attached hydrogens (tertiary/aromatic N) is 2. The Morgan fingerprint density at radius 1 is 0.964 bits per heavy atom. The monoisotopic (exact) mass is 386 g/mol. The third-order valence-corrected chi connectivity index (χ3v) is 6.22. The minimum Gasteiger partial charge on any atom is -0.294 e. The van der Waals surface area contributed by atoms with Gasteiger partial charge in [0.05, 0.1) is 16.3 Å². The van der Waals surface area contributed by atoms with Crippen LogP contribution in [0.4, 0.5) is 0 Å². The Balaban J connectivity index is 1.78. The van der Waals surface area contributed by atoms with Crippen molar-refractivity contribution in [3.8, 4) is 0 Å². The third-order valence-electron chi connectivity index (χ3n) is 5.24. The van der Waals surface area contributed by atoms with Gasteiger partial charge in [0.2, 0.25) is 0 Å². The number of rotatable bonds is 2. The maximum absolute atomic E-state index is 13.3. The molecule has 2 heterocycles. The first kappa shape index (κ1) is 17.1. The Hall–Kier alpha value is -3.05. The first-order valence-corrected chi connectivity index (χ1v) is 10.2. The highest BCUT2D eigenvalue weighted by atomic mass is 32.1. The maximum atomic E-state index is 13.3. The zero-order chi connectivity index (χ0) is 19.1. The van der Waals surface area contributed by atoms with Crippen molar-refractivity contribution in [3.05, 3.63) is 103 Å². The van der Waals surface area contributed by atoms with Crippen LogP contribution < -0.4 is 14.9 Å². The number of carbonyl (C=O) groups excluding carboxylic acids is 1. The number of thiazole rings is 1. The van der Waals surface area contributed by atoms with Crippen LogP contribution in [-0.2, 0) is 4.79 Å². The Kier molecular flexibility index (Phi) is 4.17. The second kappa shape index (κ2) is 6.84. The molecule has 5 heteroatoms. The van der Waals surface area contributed by atoms with Gasteiger partial charge >= 0.3 is 0 Å². The average Bonchev–Trinajstić information content (AvgIpc) is 3.03. The molecule has 138 valence electrons. The van der Waals surface area contributed by atoms with Crippen LogP contribution in [0.15, 0.2) is 81.7 Å². The first-order chi connectivity index (χ1) is 13.7. The SMILES string of the molecule is O=C1CCCC2=C1C(c1ccccc1)n1c(sc(=Cc3ccccc3)c1=O)=N2. The lowest BCUT2D eigenvalue weighted by Gasteiger charge is -2.28. The molecule has 1 aliphatic heterocycles. The molecule has 0 spiro atoms. The lowest BCUT2D eigenvalue weighted by Crippen LogP contribution is -2.40. The summed E-state index contributed by atoms with van der Waals surface area (Å²) in [5.41, 5.74) is 3.37. The molecule has 0 saturated heterocycles. The van der Waals surface area contributed by atoms with E-state index in [0.717, 1.165) is 29.7 Å². The number of fused-ring (bicyclic) bond motifs is 1. The summed E-state index contributed by atoms with van der Waals surface area (Å²) < 4.78 is 2.34. The van der Waals surface area contributed by atoms with Crippen molar-refractivity contribution in [2.75, 3.05) is 0 Å². The normalized spacial score (nSPS) is 19.2. The van der Waals surface area contributed by atoms with Crippen LogP contribution in [0.3, 0.4) is 0 Å². The Bertz CT molecular complexity index is 1270. The molecule has 5 rings (SSSR count). The number of allylic oxidation sites excluding steroid dienone is 2. The Morgan fingerprint density at radius 3 is 2.43 bits per heavy atom. The minimum absolute atomic E-state index is 0.0913. The van der Waals surface area contributed by atoms with Gasteiger partial charge in [-0.25, -0.2) is 4.99 Å². The van der Waals surface area contributed by atoms with Gasteiger partial charge in [-0.3, -0.25) is 14.2 Å². The summed E-state index contributed by atoms with van der Waals surface area (Å²) in [6.07, 6.45) is 4.03. The van der Waals surface area contributed by atoms with E-state index >= 15 is 0 Å². The fraction of sp³-hybridized carbons (Fsp3) is 0.174.